The second-order valence-corrected chi connectivity index (χ2v) is 8.39. The summed E-state index contributed by atoms with van der Waals surface area (Å²) in [5, 5.41) is 6.92. The lowest BCUT2D eigenvalue weighted by atomic mass is 9.78. The van der Waals surface area contributed by atoms with Gasteiger partial charge in [0.15, 0.2) is 5.96 Å². The number of ether oxygens (including phenoxy) is 1. The number of rotatable bonds is 6. The van der Waals surface area contributed by atoms with E-state index in [1.807, 2.05) is 19.2 Å². The van der Waals surface area contributed by atoms with Gasteiger partial charge in [-0.1, -0.05) is 20.8 Å². The summed E-state index contributed by atoms with van der Waals surface area (Å²) in [7, 11) is 5.92. The first-order valence-electron chi connectivity index (χ1n) is 9.59. The smallest absolute Gasteiger partial charge is 0.191 e. The van der Waals surface area contributed by atoms with Crippen molar-refractivity contribution in [1.82, 2.24) is 15.5 Å². The van der Waals surface area contributed by atoms with Crippen LogP contribution in [0.1, 0.15) is 45.4 Å². The van der Waals surface area contributed by atoms with Gasteiger partial charge in [-0.3, -0.25) is 9.89 Å². The lowest BCUT2D eigenvalue weighted by Crippen LogP contribution is -2.48. The maximum absolute atomic E-state index is 6.08. The molecule has 2 N–H and O–H groups in total. The van der Waals surface area contributed by atoms with Crippen molar-refractivity contribution in [2.75, 3.05) is 40.8 Å². The van der Waals surface area contributed by atoms with Crippen molar-refractivity contribution < 1.29 is 9.15 Å². The molecule has 0 amide bonds. The molecular formula is C20H37IN4O2. The van der Waals surface area contributed by atoms with Gasteiger partial charge in [0.1, 0.15) is 5.76 Å². The maximum atomic E-state index is 6.08. The van der Waals surface area contributed by atoms with E-state index in [2.05, 4.69) is 55.4 Å². The van der Waals surface area contributed by atoms with Gasteiger partial charge in [-0.2, -0.15) is 0 Å². The van der Waals surface area contributed by atoms with Gasteiger partial charge in [-0.25, -0.2) is 0 Å². The topological polar surface area (TPSA) is 62.0 Å². The molecule has 3 unspecified atom stereocenters. The molecule has 27 heavy (non-hydrogen) atoms. The fourth-order valence-corrected chi connectivity index (χ4v) is 3.67. The van der Waals surface area contributed by atoms with Gasteiger partial charge < -0.3 is 19.8 Å². The molecule has 1 aromatic heterocycles. The van der Waals surface area contributed by atoms with Crippen LogP contribution in [0.2, 0.25) is 0 Å². The highest BCUT2D eigenvalue weighted by Gasteiger charge is 2.35. The van der Waals surface area contributed by atoms with Crippen molar-refractivity contribution in [3.63, 3.8) is 0 Å². The molecule has 1 fully saturated rings. The normalized spacial score (nSPS) is 22.3. The van der Waals surface area contributed by atoms with Gasteiger partial charge in [0, 0.05) is 32.7 Å². The number of furan rings is 1. The fourth-order valence-electron chi connectivity index (χ4n) is 3.67. The molecule has 3 atom stereocenters. The van der Waals surface area contributed by atoms with Gasteiger partial charge in [0.25, 0.3) is 0 Å². The van der Waals surface area contributed by atoms with Crippen LogP contribution < -0.4 is 10.6 Å². The molecule has 7 heteroatoms. The van der Waals surface area contributed by atoms with Crippen molar-refractivity contribution in [3.05, 3.63) is 24.2 Å². The van der Waals surface area contributed by atoms with Gasteiger partial charge in [0.2, 0.25) is 0 Å². The van der Waals surface area contributed by atoms with Crippen molar-refractivity contribution >= 4 is 29.9 Å². The molecular weight excluding hydrogens is 455 g/mol. The lowest BCUT2D eigenvalue weighted by Gasteiger charge is -2.40. The molecule has 0 aromatic carbocycles. The van der Waals surface area contributed by atoms with Gasteiger partial charge in [-0.15, -0.1) is 24.0 Å². The Kier molecular flexibility index (Phi) is 10.1. The zero-order valence-electron chi connectivity index (χ0n) is 17.6. The molecule has 0 spiro atoms. The predicted molar refractivity (Wildman–Crippen MR) is 122 cm³/mol. The van der Waals surface area contributed by atoms with Crippen molar-refractivity contribution in [2.24, 2.45) is 16.3 Å². The van der Waals surface area contributed by atoms with Crippen LogP contribution in [0.4, 0.5) is 0 Å². The summed E-state index contributed by atoms with van der Waals surface area (Å²) in [5.41, 5.74) is 0.152. The zero-order chi connectivity index (χ0) is 19.2. The van der Waals surface area contributed by atoms with Crippen LogP contribution in [0.15, 0.2) is 27.8 Å². The second kappa shape index (κ2) is 11.3. The SMILES string of the molecule is CN=C(NCC1CCCOC1C(C)(C)C)NCC(c1ccco1)N(C)C.I. The highest BCUT2D eigenvalue weighted by Crippen LogP contribution is 2.33. The highest BCUT2D eigenvalue weighted by atomic mass is 127. The lowest BCUT2D eigenvalue weighted by molar-refractivity contribution is -0.0835. The summed E-state index contributed by atoms with van der Waals surface area (Å²) in [5.74, 6) is 2.27. The minimum atomic E-state index is 0. The summed E-state index contributed by atoms with van der Waals surface area (Å²) in [4.78, 5) is 6.52. The van der Waals surface area contributed by atoms with Crippen LogP contribution in [-0.4, -0.2) is 57.8 Å². The number of hydrogen-bond acceptors (Lipinski definition) is 4. The Bertz CT molecular complexity index is 555. The summed E-state index contributed by atoms with van der Waals surface area (Å²) >= 11 is 0. The summed E-state index contributed by atoms with van der Waals surface area (Å²) < 4.78 is 11.7. The molecule has 0 bridgehead atoms. The number of halogens is 1. The molecule has 1 aliphatic heterocycles. The first kappa shape index (κ1) is 24.2. The van der Waals surface area contributed by atoms with Crippen molar-refractivity contribution in [3.8, 4) is 0 Å². The van der Waals surface area contributed by atoms with Gasteiger partial charge >= 0.3 is 0 Å². The van der Waals surface area contributed by atoms with E-state index in [4.69, 9.17) is 9.15 Å². The van der Waals surface area contributed by atoms with E-state index in [0.717, 1.165) is 37.8 Å². The molecule has 1 aliphatic rings. The van der Waals surface area contributed by atoms with Gasteiger partial charge in [-0.05, 0) is 44.5 Å². The third-order valence-electron chi connectivity index (χ3n) is 5.01. The molecule has 0 saturated carbocycles. The van der Waals surface area contributed by atoms with E-state index in [9.17, 15) is 0 Å². The van der Waals surface area contributed by atoms with Crippen molar-refractivity contribution in [2.45, 2.75) is 45.8 Å². The number of guanidine groups is 1. The second-order valence-electron chi connectivity index (χ2n) is 8.39. The van der Waals surface area contributed by atoms with Gasteiger partial charge in [0.05, 0.1) is 18.4 Å². The fraction of sp³-hybridized carbons (Fsp3) is 0.750. The highest BCUT2D eigenvalue weighted by molar-refractivity contribution is 14.0. The molecule has 2 heterocycles. The van der Waals surface area contributed by atoms with E-state index in [1.165, 1.54) is 6.42 Å². The largest absolute Gasteiger partial charge is 0.468 e. The first-order chi connectivity index (χ1) is 12.3. The predicted octanol–water partition coefficient (Wildman–Crippen LogP) is 3.51. The molecule has 0 radical (unpaired) electrons. The number of hydrogen-bond donors (Lipinski definition) is 2. The minimum absolute atomic E-state index is 0. The van der Waals surface area contributed by atoms with Crippen LogP contribution in [0.3, 0.4) is 0 Å². The van der Waals surface area contributed by atoms with Crippen LogP contribution in [0.25, 0.3) is 0 Å². The molecule has 6 nitrogen and oxygen atoms in total. The number of aliphatic imine (C=N–C) groups is 1. The quantitative estimate of drug-likeness (QED) is 0.362. The summed E-state index contributed by atoms with van der Waals surface area (Å²) in [6, 6.07) is 4.09. The first-order valence-corrected chi connectivity index (χ1v) is 9.59. The standard InChI is InChI=1S/C20H36N4O2.HI/c1-20(2,3)18-15(9-7-12-26-18)13-22-19(21-4)23-14-16(24(5)6)17-10-8-11-25-17;/h8,10-11,15-16,18H,7,9,12-14H2,1-6H3,(H2,21,22,23);1H. The third kappa shape index (κ3) is 7.27. The molecule has 1 saturated heterocycles. The minimum Gasteiger partial charge on any atom is -0.468 e. The number of nitrogens with one attached hydrogen (secondary N) is 2. The average Bonchev–Trinajstić information content (AvgIpc) is 3.11. The van der Waals surface area contributed by atoms with E-state index in [0.29, 0.717) is 5.92 Å². The zero-order valence-corrected chi connectivity index (χ0v) is 19.9. The van der Waals surface area contributed by atoms with E-state index in [1.54, 1.807) is 6.26 Å². The average molecular weight is 492 g/mol. The number of likely N-dealkylation sites (N-methyl/N-ethyl adjacent to an activating group) is 1. The van der Waals surface area contributed by atoms with E-state index in [-0.39, 0.29) is 41.5 Å². The van der Waals surface area contributed by atoms with Crippen LogP contribution in [0, 0.1) is 11.3 Å². The monoisotopic (exact) mass is 492 g/mol. The molecule has 2 rings (SSSR count). The number of nitrogens with zero attached hydrogens (tertiary/aromatic N) is 2. The molecule has 1 aromatic rings. The van der Waals surface area contributed by atoms with Crippen LogP contribution >= 0.6 is 24.0 Å². The third-order valence-corrected chi connectivity index (χ3v) is 5.01. The Hall–Kier alpha value is -0.800. The van der Waals surface area contributed by atoms with E-state index < -0.39 is 0 Å². The Morgan fingerprint density at radius 3 is 2.63 bits per heavy atom. The molecule has 156 valence electrons. The van der Waals surface area contributed by atoms with Crippen LogP contribution in [0.5, 0.6) is 0 Å². The Balaban J connectivity index is 0.00000364. The van der Waals surface area contributed by atoms with E-state index >= 15 is 0 Å². The Morgan fingerprint density at radius 2 is 2.07 bits per heavy atom. The Morgan fingerprint density at radius 1 is 1.33 bits per heavy atom. The van der Waals surface area contributed by atoms with Crippen molar-refractivity contribution in [1.29, 1.82) is 0 Å². The summed E-state index contributed by atoms with van der Waals surface area (Å²) in [6.07, 6.45) is 4.32. The Labute approximate surface area is 181 Å². The molecule has 0 aliphatic carbocycles. The maximum Gasteiger partial charge on any atom is 0.191 e. The summed E-state index contributed by atoms with van der Waals surface area (Å²) in [6.45, 7) is 9.24. The van der Waals surface area contributed by atoms with Crippen LogP contribution in [-0.2, 0) is 4.74 Å².